The summed E-state index contributed by atoms with van der Waals surface area (Å²) in [5.74, 6) is 0.861. The van der Waals surface area contributed by atoms with E-state index in [0.717, 1.165) is 46.5 Å². The molecule has 6 rings (SSSR count). The Kier molecular flexibility index (Phi) is 6.22. The molecule has 2 aromatic carbocycles. The molecule has 4 aromatic rings. The normalized spacial score (nSPS) is 23.4. The topological polar surface area (TPSA) is 107 Å². The van der Waals surface area contributed by atoms with Crippen LogP contribution in [0.4, 0.5) is 10.1 Å². The molecule has 2 fully saturated rings. The van der Waals surface area contributed by atoms with Crippen LogP contribution in [0.1, 0.15) is 50.7 Å². The van der Waals surface area contributed by atoms with Crippen molar-refractivity contribution in [2.24, 2.45) is 11.3 Å². The van der Waals surface area contributed by atoms with Crippen molar-refractivity contribution in [2.45, 2.75) is 45.3 Å². The van der Waals surface area contributed by atoms with Crippen molar-refractivity contribution in [2.75, 3.05) is 11.9 Å². The fourth-order valence-electron chi connectivity index (χ4n) is 5.39. The lowest BCUT2D eigenvalue weighted by Crippen LogP contribution is -2.46. The quantitative estimate of drug-likeness (QED) is 0.273. The van der Waals surface area contributed by atoms with E-state index in [4.69, 9.17) is 4.98 Å². The van der Waals surface area contributed by atoms with Gasteiger partial charge in [-0.05, 0) is 41.8 Å². The van der Waals surface area contributed by atoms with Gasteiger partial charge in [0.1, 0.15) is 11.6 Å². The van der Waals surface area contributed by atoms with Crippen LogP contribution in [0.25, 0.3) is 22.2 Å². The summed E-state index contributed by atoms with van der Waals surface area (Å²) in [7, 11) is 0. The fourth-order valence-corrected chi connectivity index (χ4v) is 5.39. The number of hydrogen-bond donors (Lipinski definition) is 5. The number of pyridine rings is 1. The first kappa shape index (κ1) is 24.7. The van der Waals surface area contributed by atoms with Crippen LogP contribution < -0.4 is 21.5 Å². The standard InChI is InChI=1S/C29H32FN7O/c1-29(2,3)28(38)33-19-11-17(13-31-14-19)23-12-21-24(15-32-23)36-37-26(21)27-34-22-6-4-5-20(25(22)35-27)16-7-9-18(30)10-8-16/h4-11,13-14,21,23-24,26,32,36-37H,12,15H2,1-3H3,(H,33,38)(H,34,35). The molecular formula is C29H32FN7O. The van der Waals surface area contributed by atoms with Crippen LogP contribution in [0.2, 0.25) is 0 Å². The van der Waals surface area contributed by atoms with Gasteiger partial charge in [-0.1, -0.05) is 45.0 Å². The molecule has 0 aliphatic carbocycles. The van der Waals surface area contributed by atoms with Gasteiger partial charge in [-0.15, -0.1) is 0 Å². The fraction of sp³-hybridized carbons (Fsp3) is 0.345. The number of hydrogen-bond acceptors (Lipinski definition) is 6. The summed E-state index contributed by atoms with van der Waals surface area (Å²) >= 11 is 0. The predicted octanol–water partition coefficient (Wildman–Crippen LogP) is 4.62. The highest BCUT2D eigenvalue weighted by Gasteiger charge is 2.42. The molecular weight excluding hydrogens is 481 g/mol. The molecule has 2 aliphatic heterocycles. The van der Waals surface area contributed by atoms with Crippen molar-refractivity contribution in [1.82, 2.24) is 31.1 Å². The number of para-hydroxylation sites is 1. The molecule has 2 saturated heterocycles. The smallest absolute Gasteiger partial charge is 0.229 e. The van der Waals surface area contributed by atoms with E-state index in [1.54, 1.807) is 18.3 Å². The number of piperidine rings is 1. The molecule has 4 atom stereocenters. The minimum Gasteiger partial charge on any atom is -0.341 e. The van der Waals surface area contributed by atoms with E-state index in [1.807, 2.05) is 51.2 Å². The third-order valence-electron chi connectivity index (χ3n) is 7.54. The van der Waals surface area contributed by atoms with E-state index >= 15 is 0 Å². The Morgan fingerprint density at radius 2 is 1.89 bits per heavy atom. The second kappa shape index (κ2) is 9.58. The third kappa shape index (κ3) is 4.69. The van der Waals surface area contributed by atoms with Crippen molar-refractivity contribution in [3.8, 4) is 11.1 Å². The highest BCUT2D eigenvalue weighted by Crippen LogP contribution is 2.39. The molecule has 2 aliphatic rings. The average molecular weight is 514 g/mol. The monoisotopic (exact) mass is 513 g/mol. The van der Waals surface area contributed by atoms with Crippen LogP contribution in [0.15, 0.2) is 60.9 Å². The Hall–Kier alpha value is -3.66. The van der Waals surface area contributed by atoms with Crippen molar-refractivity contribution >= 4 is 22.6 Å². The van der Waals surface area contributed by atoms with Crippen molar-refractivity contribution in [1.29, 1.82) is 0 Å². The number of nitrogens with one attached hydrogen (secondary N) is 5. The Morgan fingerprint density at radius 3 is 2.68 bits per heavy atom. The Labute approximate surface area is 220 Å². The van der Waals surface area contributed by atoms with Gasteiger partial charge >= 0.3 is 0 Å². The molecule has 8 nitrogen and oxygen atoms in total. The first-order valence-corrected chi connectivity index (χ1v) is 13.0. The minimum atomic E-state index is -0.482. The molecule has 0 radical (unpaired) electrons. The summed E-state index contributed by atoms with van der Waals surface area (Å²) in [5.41, 5.74) is 11.9. The Balaban J connectivity index is 1.25. The molecule has 2 aromatic heterocycles. The van der Waals surface area contributed by atoms with Gasteiger partial charge in [-0.2, -0.15) is 0 Å². The lowest BCUT2D eigenvalue weighted by atomic mass is 9.82. The summed E-state index contributed by atoms with van der Waals surface area (Å²) < 4.78 is 13.5. The second-order valence-corrected chi connectivity index (χ2v) is 11.3. The predicted molar refractivity (Wildman–Crippen MR) is 145 cm³/mol. The lowest BCUT2D eigenvalue weighted by molar-refractivity contribution is -0.123. The molecule has 38 heavy (non-hydrogen) atoms. The first-order valence-electron chi connectivity index (χ1n) is 13.0. The Bertz CT molecular complexity index is 1480. The van der Waals surface area contributed by atoms with E-state index < -0.39 is 5.41 Å². The summed E-state index contributed by atoms with van der Waals surface area (Å²) in [6.45, 7) is 6.47. The maximum absolute atomic E-state index is 13.5. The largest absolute Gasteiger partial charge is 0.341 e. The molecule has 1 amide bonds. The summed E-state index contributed by atoms with van der Waals surface area (Å²) in [6, 6.07) is 14.9. The number of aromatic amines is 1. The number of carbonyl (C=O) groups is 1. The molecule has 9 heteroatoms. The SMILES string of the molecule is CC(C)(C)C(=O)Nc1cncc(C2CC3C(CN2)NNC3c2nc3c(-c4ccc(F)cc4)cccc3[nH]2)c1. The van der Waals surface area contributed by atoms with Crippen LogP contribution >= 0.6 is 0 Å². The number of rotatable bonds is 4. The first-order chi connectivity index (χ1) is 18.3. The van der Waals surface area contributed by atoms with E-state index in [-0.39, 0.29) is 35.8 Å². The van der Waals surface area contributed by atoms with E-state index in [0.29, 0.717) is 5.69 Å². The maximum atomic E-state index is 13.5. The van der Waals surface area contributed by atoms with Crippen molar-refractivity contribution in [3.63, 3.8) is 0 Å². The second-order valence-electron chi connectivity index (χ2n) is 11.3. The highest BCUT2D eigenvalue weighted by molar-refractivity contribution is 5.94. The van der Waals surface area contributed by atoms with E-state index in [1.165, 1.54) is 12.1 Å². The number of hydrazine groups is 1. The van der Waals surface area contributed by atoms with Gasteiger partial charge in [-0.3, -0.25) is 15.2 Å². The highest BCUT2D eigenvalue weighted by atomic mass is 19.1. The Morgan fingerprint density at radius 1 is 1.08 bits per heavy atom. The minimum absolute atomic E-state index is 0.00481. The number of halogens is 1. The molecule has 5 N–H and O–H groups in total. The van der Waals surface area contributed by atoms with Gasteiger partial charge < -0.3 is 15.6 Å². The molecule has 0 saturated carbocycles. The number of nitrogens with zero attached hydrogens (tertiary/aromatic N) is 2. The van der Waals surface area contributed by atoms with Crippen molar-refractivity contribution < 1.29 is 9.18 Å². The van der Waals surface area contributed by atoms with Gasteiger partial charge in [0.05, 0.1) is 29.0 Å². The van der Waals surface area contributed by atoms with Crippen LogP contribution in [0.3, 0.4) is 0 Å². The van der Waals surface area contributed by atoms with Gasteiger partial charge in [0.25, 0.3) is 0 Å². The van der Waals surface area contributed by atoms with Gasteiger partial charge in [-0.25, -0.2) is 14.8 Å². The number of H-pyrrole nitrogens is 1. The number of benzene rings is 2. The van der Waals surface area contributed by atoms with Gasteiger partial charge in [0.15, 0.2) is 0 Å². The number of aromatic nitrogens is 3. The van der Waals surface area contributed by atoms with Crippen LogP contribution in [-0.2, 0) is 4.79 Å². The molecule has 4 unspecified atom stereocenters. The number of carbonyl (C=O) groups excluding carboxylic acids is 1. The zero-order chi connectivity index (χ0) is 26.4. The lowest BCUT2D eigenvalue weighted by Gasteiger charge is -2.34. The number of anilines is 1. The number of amides is 1. The van der Waals surface area contributed by atoms with Gasteiger partial charge in [0.2, 0.25) is 5.91 Å². The van der Waals surface area contributed by atoms with Gasteiger partial charge in [0, 0.05) is 41.7 Å². The van der Waals surface area contributed by atoms with E-state index in [2.05, 4.69) is 31.5 Å². The molecule has 4 heterocycles. The molecule has 0 bridgehead atoms. The number of imidazole rings is 1. The zero-order valence-corrected chi connectivity index (χ0v) is 21.7. The third-order valence-corrected chi connectivity index (χ3v) is 7.54. The zero-order valence-electron chi connectivity index (χ0n) is 21.7. The summed E-state index contributed by atoms with van der Waals surface area (Å²) in [4.78, 5) is 25.4. The van der Waals surface area contributed by atoms with Crippen molar-refractivity contribution in [3.05, 3.63) is 78.1 Å². The van der Waals surface area contributed by atoms with E-state index in [9.17, 15) is 9.18 Å². The summed E-state index contributed by atoms with van der Waals surface area (Å²) in [5, 5.41) is 6.62. The van der Waals surface area contributed by atoms with Crippen LogP contribution in [0.5, 0.6) is 0 Å². The number of fused-ring (bicyclic) bond motifs is 2. The van der Waals surface area contributed by atoms with Crippen LogP contribution in [-0.4, -0.2) is 33.4 Å². The summed E-state index contributed by atoms with van der Waals surface area (Å²) in [6.07, 6.45) is 4.43. The maximum Gasteiger partial charge on any atom is 0.229 e. The average Bonchev–Trinajstić information content (AvgIpc) is 3.52. The molecule has 0 spiro atoms. The van der Waals surface area contributed by atoms with Crippen LogP contribution in [0, 0.1) is 17.2 Å². The molecule has 196 valence electrons.